The van der Waals surface area contributed by atoms with E-state index in [4.69, 9.17) is 9.05 Å². The number of H-pyrrole nitrogens is 1. The number of aliphatic hydroxyl groups is 1. The van der Waals surface area contributed by atoms with Gasteiger partial charge in [-0.1, -0.05) is 24.3 Å². The van der Waals surface area contributed by atoms with Gasteiger partial charge in [0.25, 0.3) is 0 Å². The molecule has 0 spiro atoms. The Morgan fingerprint density at radius 1 is 1.18 bits per heavy atom. The molecule has 2 heterocycles. The van der Waals surface area contributed by atoms with Gasteiger partial charge in [0, 0.05) is 30.7 Å². The van der Waals surface area contributed by atoms with E-state index in [2.05, 4.69) is 4.98 Å². The Morgan fingerprint density at radius 2 is 1.91 bits per heavy atom. The number of fused-ring (bicyclic) bond motifs is 1. The summed E-state index contributed by atoms with van der Waals surface area (Å²) in [6, 6.07) is 11.4. The van der Waals surface area contributed by atoms with E-state index < -0.39 is 13.4 Å². The van der Waals surface area contributed by atoms with Crippen molar-refractivity contribution in [3.8, 4) is 10.6 Å². The number of aromatic amines is 1. The van der Waals surface area contributed by atoms with Crippen LogP contribution in [0.1, 0.15) is 11.4 Å². The van der Waals surface area contributed by atoms with Crippen molar-refractivity contribution in [2.45, 2.75) is 5.85 Å². The van der Waals surface area contributed by atoms with Crippen LogP contribution in [0.5, 0.6) is 0 Å². The molecule has 0 radical (unpaired) electrons. The number of nitrogens with one attached hydrogen (secondary N) is 1. The van der Waals surface area contributed by atoms with E-state index in [1.54, 1.807) is 0 Å². The molecule has 22 heavy (non-hydrogen) atoms. The Morgan fingerprint density at radius 3 is 2.55 bits per heavy atom. The van der Waals surface area contributed by atoms with Crippen LogP contribution in [0.25, 0.3) is 21.5 Å². The minimum atomic E-state index is -3.65. The summed E-state index contributed by atoms with van der Waals surface area (Å²) < 4.78 is 22.5. The molecule has 0 aliphatic carbocycles. The maximum Gasteiger partial charge on any atom is 0.362 e. The summed E-state index contributed by atoms with van der Waals surface area (Å²) in [6.45, 7) is 0. The van der Waals surface area contributed by atoms with Crippen LogP contribution in [0.15, 0.2) is 41.8 Å². The second-order valence-electron chi connectivity index (χ2n) is 4.72. The minimum absolute atomic E-state index is 0.532. The number of rotatable bonds is 5. The number of aromatic nitrogens is 1. The number of hydrogen-bond acceptors (Lipinski definition) is 5. The second kappa shape index (κ2) is 5.99. The van der Waals surface area contributed by atoms with E-state index in [-0.39, 0.29) is 0 Å². The van der Waals surface area contributed by atoms with Crippen LogP contribution in [0, 0.1) is 0 Å². The zero-order valence-electron chi connectivity index (χ0n) is 12.1. The van der Waals surface area contributed by atoms with Crippen molar-refractivity contribution in [3.63, 3.8) is 0 Å². The summed E-state index contributed by atoms with van der Waals surface area (Å²) >= 11 is 1.53. The molecule has 0 aliphatic rings. The van der Waals surface area contributed by atoms with Crippen molar-refractivity contribution in [1.29, 1.82) is 0 Å². The molecule has 116 valence electrons. The highest BCUT2D eigenvalue weighted by Gasteiger charge is 2.37. The summed E-state index contributed by atoms with van der Waals surface area (Å²) in [5, 5.41) is 13.4. The molecule has 0 aliphatic heterocycles. The lowest BCUT2D eigenvalue weighted by atomic mass is 10.1. The lowest BCUT2D eigenvalue weighted by molar-refractivity contribution is 0.177. The lowest BCUT2D eigenvalue weighted by Gasteiger charge is -2.20. The first kappa shape index (κ1) is 15.5. The summed E-state index contributed by atoms with van der Waals surface area (Å²) in [6.07, 6.45) is 0. The van der Waals surface area contributed by atoms with Crippen LogP contribution in [-0.2, 0) is 13.6 Å². The van der Waals surface area contributed by atoms with Gasteiger partial charge in [-0.25, -0.2) is 0 Å². The van der Waals surface area contributed by atoms with Gasteiger partial charge in [-0.3, -0.25) is 4.57 Å². The third-order valence-corrected chi connectivity index (χ3v) is 6.34. The van der Waals surface area contributed by atoms with Gasteiger partial charge >= 0.3 is 7.60 Å². The fourth-order valence-corrected chi connectivity index (χ4v) is 4.35. The SMILES string of the molecule is COP(=O)(OC)C(O)c1c(-c2cccs2)[nH]c2ccccc12. The Bertz CT molecular complexity index is 819. The first-order valence-electron chi connectivity index (χ1n) is 6.64. The van der Waals surface area contributed by atoms with Gasteiger partial charge in [-0.05, 0) is 17.5 Å². The Balaban J connectivity index is 2.27. The highest BCUT2D eigenvalue weighted by Crippen LogP contribution is 2.60. The highest BCUT2D eigenvalue weighted by molar-refractivity contribution is 7.54. The van der Waals surface area contributed by atoms with Crippen LogP contribution in [-0.4, -0.2) is 24.3 Å². The average Bonchev–Trinajstić information content (AvgIpc) is 3.20. The lowest BCUT2D eigenvalue weighted by Crippen LogP contribution is -2.03. The standard InChI is InChI=1S/C15H16NO4PS/c1-19-21(18,20-2)15(17)13-10-6-3-4-7-11(10)16-14(13)12-8-5-9-22-12/h3-9,15-17H,1-2H3. The number of aliphatic hydroxyl groups excluding tert-OH is 1. The summed E-state index contributed by atoms with van der Waals surface area (Å²) in [4.78, 5) is 4.23. The van der Waals surface area contributed by atoms with Gasteiger partial charge in [0.1, 0.15) is 0 Å². The quantitative estimate of drug-likeness (QED) is 0.678. The molecule has 1 atom stereocenters. The van der Waals surface area contributed by atoms with Crippen LogP contribution >= 0.6 is 18.9 Å². The van der Waals surface area contributed by atoms with E-state index in [0.717, 1.165) is 21.5 Å². The maximum atomic E-state index is 12.6. The van der Waals surface area contributed by atoms with Crippen LogP contribution in [0.2, 0.25) is 0 Å². The molecule has 1 unspecified atom stereocenters. The molecule has 3 rings (SSSR count). The fraction of sp³-hybridized carbons (Fsp3) is 0.200. The highest BCUT2D eigenvalue weighted by atomic mass is 32.1. The maximum absolute atomic E-state index is 12.6. The smallest absolute Gasteiger partial charge is 0.362 e. The fourth-order valence-electron chi connectivity index (χ4n) is 2.48. The molecule has 3 aromatic rings. The number of hydrogen-bond donors (Lipinski definition) is 2. The third-order valence-electron chi connectivity index (χ3n) is 3.58. The van der Waals surface area contributed by atoms with Gasteiger partial charge in [-0.15, -0.1) is 11.3 Å². The van der Waals surface area contributed by atoms with Crippen LogP contribution in [0.4, 0.5) is 0 Å². The summed E-state index contributed by atoms with van der Waals surface area (Å²) in [5.41, 5.74) is 2.13. The first-order valence-corrected chi connectivity index (χ1v) is 9.13. The average molecular weight is 337 g/mol. The molecule has 0 saturated carbocycles. The van der Waals surface area contributed by atoms with Gasteiger partial charge in [0.15, 0.2) is 5.85 Å². The Labute approximate surface area is 132 Å². The molecule has 0 saturated heterocycles. The second-order valence-corrected chi connectivity index (χ2v) is 7.96. The van der Waals surface area contributed by atoms with E-state index in [0.29, 0.717) is 5.56 Å². The first-order chi connectivity index (χ1) is 10.6. The predicted octanol–water partition coefficient (Wildman–Crippen LogP) is 4.37. The monoisotopic (exact) mass is 337 g/mol. The number of benzene rings is 1. The molecule has 0 bridgehead atoms. The summed E-state index contributed by atoms with van der Waals surface area (Å²) in [7, 11) is -1.11. The van der Waals surface area contributed by atoms with E-state index in [9.17, 15) is 9.67 Å². The minimum Gasteiger partial charge on any atom is -0.376 e. The van der Waals surface area contributed by atoms with Crippen molar-refractivity contribution in [1.82, 2.24) is 4.98 Å². The van der Waals surface area contributed by atoms with Crippen LogP contribution in [0.3, 0.4) is 0 Å². The van der Waals surface area contributed by atoms with Gasteiger partial charge in [-0.2, -0.15) is 0 Å². The summed E-state index contributed by atoms with van der Waals surface area (Å²) in [5.74, 6) is -1.37. The molecule has 2 N–H and O–H groups in total. The van der Waals surface area contributed by atoms with Crippen molar-refractivity contribution >= 4 is 29.8 Å². The molecular formula is C15H16NO4PS. The molecule has 0 fully saturated rings. The molecule has 2 aromatic heterocycles. The topological polar surface area (TPSA) is 71.6 Å². The van der Waals surface area contributed by atoms with Crippen molar-refractivity contribution < 1.29 is 18.7 Å². The van der Waals surface area contributed by atoms with Gasteiger partial charge < -0.3 is 19.1 Å². The van der Waals surface area contributed by atoms with E-state index in [1.807, 2.05) is 41.8 Å². The van der Waals surface area contributed by atoms with E-state index >= 15 is 0 Å². The van der Waals surface area contributed by atoms with Gasteiger partial charge in [0.05, 0.1) is 10.6 Å². The number of para-hydroxylation sites is 1. The van der Waals surface area contributed by atoms with Crippen LogP contribution < -0.4 is 0 Å². The third kappa shape index (κ3) is 2.43. The van der Waals surface area contributed by atoms with Crippen molar-refractivity contribution in [3.05, 3.63) is 47.3 Å². The molecule has 7 heteroatoms. The Hall–Kier alpha value is -1.43. The normalized spacial score (nSPS) is 13.6. The van der Waals surface area contributed by atoms with Crippen molar-refractivity contribution in [2.75, 3.05) is 14.2 Å². The molecule has 0 amide bonds. The predicted molar refractivity (Wildman–Crippen MR) is 88.2 cm³/mol. The Kier molecular flexibility index (Phi) is 4.21. The molecular weight excluding hydrogens is 321 g/mol. The zero-order valence-corrected chi connectivity index (χ0v) is 13.9. The molecule has 5 nitrogen and oxygen atoms in total. The van der Waals surface area contributed by atoms with Gasteiger partial charge in [0.2, 0.25) is 0 Å². The van der Waals surface area contributed by atoms with E-state index in [1.165, 1.54) is 25.6 Å². The number of thiophene rings is 1. The molecule has 1 aromatic carbocycles. The zero-order chi connectivity index (χ0) is 15.7. The van der Waals surface area contributed by atoms with Crippen molar-refractivity contribution in [2.24, 2.45) is 0 Å². The largest absolute Gasteiger partial charge is 0.376 e.